The summed E-state index contributed by atoms with van der Waals surface area (Å²) in [7, 11) is 0. The number of hydrogen-bond donors (Lipinski definition) is 0. The fourth-order valence-corrected chi connectivity index (χ4v) is 1.82. The van der Waals surface area contributed by atoms with Gasteiger partial charge in [0.1, 0.15) is 5.78 Å². The number of ether oxygens (including phenoxy) is 1. The summed E-state index contributed by atoms with van der Waals surface area (Å²) in [6.07, 6.45) is 0.749. The number of benzene rings is 1. The van der Waals surface area contributed by atoms with Gasteiger partial charge in [0.05, 0.1) is 13.0 Å². The number of hydrogen-bond acceptors (Lipinski definition) is 3. The van der Waals surface area contributed by atoms with Gasteiger partial charge in [0.15, 0.2) is 5.78 Å². The lowest BCUT2D eigenvalue weighted by Crippen LogP contribution is -2.18. The third kappa shape index (κ3) is 2.55. The van der Waals surface area contributed by atoms with Gasteiger partial charge in [-0.15, -0.1) is 0 Å². The van der Waals surface area contributed by atoms with E-state index >= 15 is 0 Å². The average molecular weight is 218 g/mol. The Morgan fingerprint density at radius 2 is 2.00 bits per heavy atom. The predicted molar refractivity (Wildman–Crippen MR) is 59.3 cm³/mol. The Kier molecular flexibility index (Phi) is 3.47. The zero-order chi connectivity index (χ0) is 11.4. The average Bonchev–Trinajstić information content (AvgIpc) is 2.83. The first kappa shape index (κ1) is 11.0. The minimum atomic E-state index is -0.0995. The van der Waals surface area contributed by atoms with Gasteiger partial charge in [-0.25, -0.2) is 0 Å². The van der Waals surface area contributed by atoms with Gasteiger partial charge < -0.3 is 4.74 Å². The number of carbonyl (C=O) groups is 2. The number of rotatable bonds is 4. The summed E-state index contributed by atoms with van der Waals surface area (Å²) in [4.78, 5) is 23.5. The molecule has 0 aliphatic carbocycles. The lowest BCUT2D eigenvalue weighted by molar-refractivity contribution is -0.121. The summed E-state index contributed by atoms with van der Waals surface area (Å²) in [5.41, 5.74) is 0.606. The van der Waals surface area contributed by atoms with Gasteiger partial charge in [-0.2, -0.15) is 0 Å². The van der Waals surface area contributed by atoms with Gasteiger partial charge >= 0.3 is 0 Å². The molecule has 2 rings (SSSR count). The van der Waals surface area contributed by atoms with Gasteiger partial charge in [-0.1, -0.05) is 30.3 Å². The van der Waals surface area contributed by atoms with E-state index in [-0.39, 0.29) is 23.9 Å². The summed E-state index contributed by atoms with van der Waals surface area (Å²) < 4.78 is 5.13. The molecular weight excluding hydrogens is 204 g/mol. The van der Waals surface area contributed by atoms with Crippen LogP contribution >= 0.6 is 0 Å². The molecule has 3 heteroatoms. The van der Waals surface area contributed by atoms with Crippen LogP contribution in [0, 0.1) is 5.92 Å². The Morgan fingerprint density at radius 3 is 2.62 bits per heavy atom. The Balaban J connectivity index is 1.94. The molecule has 1 aromatic carbocycles. The third-order valence-corrected chi connectivity index (χ3v) is 2.82. The molecule has 1 aromatic rings. The molecule has 0 aromatic heterocycles. The van der Waals surface area contributed by atoms with E-state index in [0.29, 0.717) is 18.8 Å². The second-order valence-electron chi connectivity index (χ2n) is 3.99. The predicted octanol–water partition coefficient (Wildman–Crippen LogP) is 1.86. The van der Waals surface area contributed by atoms with Crippen LogP contribution in [-0.4, -0.2) is 24.8 Å². The molecule has 1 fully saturated rings. The lowest BCUT2D eigenvalue weighted by atomic mass is 9.97. The zero-order valence-corrected chi connectivity index (χ0v) is 9.02. The minimum absolute atomic E-state index is 0.00194. The molecule has 0 radical (unpaired) electrons. The van der Waals surface area contributed by atoms with Crippen LogP contribution in [0.5, 0.6) is 0 Å². The van der Waals surface area contributed by atoms with Crippen molar-refractivity contribution in [3.8, 4) is 0 Å². The highest BCUT2D eigenvalue weighted by Crippen LogP contribution is 2.16. The molecule has 0 amide bonds. The van der Waals surface area contributed by atoms with Gasteiger partial charge in [0.2, 0.25) is 0 Å². The zero-order valence-electron chi connectivity index (χ0n) is 9.02. The van der Waals surface area contributed by atoms with Crippen molar-refractivity contribution in [1.29, 1.82) is 0 Å². The topological polar surface area (TPSA) is 43.4 Å². The molecule has 1 saturated heterocycles. The first-order chi connectivity index (χ1) is 7.77. The van der Waals surface area contributed by atoms with E-state index in [2.05, 4.69) is 0 Å². The maximum absolute atomic E-state index is 11.8. The van der Waals surface area contributed by atoms with Crippen LogP contribution in [0.25, 0.3) is 0 Å². The van der Waals surface area contributed by atoms with Crippen molar-refractivity contribution >= 4 is 11.6 Å². The Labute approximate surface area is 94.4 Å². The molecule has 16 heavy (non-hydrogen) atoms. The molecule has 1 unspecified atom stereocenters. The van der Waals surface area contributed by atoms with E-state index in [0.717, 1.165) is 6.42 Å². The van der Waals surface area contributed by atoms with Crippen LogP contribution in [0.3, 0.4) is 0 Å². The minimum Gasteiger partial charge on any atom is -0.381 e. The lowest BCUT2D eigenvalue weighted by Gasteiger charge is -2.05. The summed E-state index contributed by atoms with van der Waals surface area (Å²) in [6, 6.07) is 8.93. The monoisotopic (exact) mass is 218 g/mol. The van der Waals surface area contributed by atoms with E-state index in [1.165, 1.54) is 0 Å². The van der Waals surface area contributed by atoms with Crippen molar-refractivity contribution in [2.24, 2.45) is 5.92 Å². The fraction of sp³-hybridized carbons (Fsp3) is 0.385. The molecular formula is C13H14O3. The first-order valence-corrected chi connectivity index (χ1v) is 5.46. The maximum atomic E-state index is 11.8. The molecule has 0 bridgehead atoms. The van der Waals surface area contributed by atoms with Crippen LogP contribution in [0.2, 0.25) is 0 Å². The van der Waals surface area contributed by atoms with Crippen LogP contribution in [0.1, 0.15) is 23.2 Å². The largest absolute Gasteiger partial charge is 0.381 e. The molecule has 1 aliphatic heterocycles. The Morgan fingerprint density at radius 1 is 1.25 bits per heavy atom. The molecule has 3 nitrogen and oxygen atoms in total. The van der Waals surface area contributed by atoms with Crippen molar-refractivity contribution in [3.63, 3.8) is 0 Å². The van der Waals surface area contributed by atoms with Gasteiger partial charge in [-0.3, -0.25) is 9.59 Å². The van der Waals surface area contributed by atoms with Crippen molar-refractivity contribution < 1.29 is 14.3 Å². The molecule has 0 spiro atoms. The second kappa shape index (κ2) is 5.03. The molecule has 0 N–H and O–H groups in total. The van der Waals surface area contributed by atoms with Crippen LogP contribution < -0.4 is 0 Å². The SMILES string of the molecule is O=C(CC(=O)C1CCOC1)c1ccccc1. The summed E-state index contributed by atoms with van der Waals surface area (Å²) >= 11 is 0. The van der Waals surface area contributed by atoms with Gasteiger partial charge in [0.25, 0.3) is 0 Å². The molecule has 1 heterocycles. The number of Topliss-reactive ketones (excluding diaryl/α,β-unsaturated/α-hetero) is 2. The van der Waals surface area contributed by atoms with Crippen LogP contribution in [-0.2, 0) is 9.53 Å². The molecule has 1 aliphatic rings. The van der Waals surface area contributed by atoms with Gasteiger partial charge in [0, 0.05) is 18.1 Å². The van der Waals surface area contributed by atoms with E-state index in [9.17, 15) is 9.59 Å². The quantitative estimate of drug-likeness (QED) is 0.572. The Bertz CT molecular complexity index is 377. The maximum Gasteiger partial charge on any atom is 0.170 e. The highest BCUT2D eigenvalue weighted by molar-refractivity contribution is 6.08. The van der Waals surface area contributed by atoms with E-state index < -0.39 is 0 Å². The smallest absolute Gasteiger partial charge is 0.170 e. The second-order valence-corrected chi connectivity index (χ2v) is 3.99. The highest BCUT2D eigenvalue weighted by Gasteiger charge is 2.25. The van der Waals surface area contributed by atoms with Crippen LogP contribution in [0.15, 0.2) is 30.3 Å². The van der Waals surface area contributed by atoms with Crippen molar-refractivity contribution in [2.75, 3.05) is 13.2 Å². The summed E-state index contributed by atoms with van der Waals surface area (Å²) in [6.45, 7) is 1.11. The van der Waals surface area contributed by atoms with E-state index in [4.69, 9.17) is 4.74 Å². The first-order valence-electron chi connectivity index (χ1n) is 5.46. The third-order valence-electron chi connectivity index (χ3n) is 2.82. The van der Waals surface area contributed by atoms with Crippen molar-refractivity contribution in [2.45, 2.75) is 12.8 Å². The number of ketones is 2. The van der Waals surface area contributed by atoms with Crippen molar-refractivity contribution in [3.05, 3.63) is 35.9 Å². The fourth-order valence-electron chi connectivity index (χ4n) is 1.82. The van der Waals surface area contributed by atoms with Gasteiger partial charge in [-0.05, 0) is 6.42 Å². The van der Waals surface area contributed by atoms with Crippen LogP contribution in [0.4, 0.5) is 0 Å². The Hall–Kier alpha value is -1.48. The van der Waals surface area contributed by atoms with Crippen molar-refractivity contribution in [1.82, 2.24) is 0 Å². The molecule has 84 valence electrons. The number of carbonyl (C=O) groups excluding carboxylic acids is 2. The summed E-state index contributed by atoms with van der Waals surface area (Å²) in [5.74, 6) is -0.170. The van der Waals surface area contributed by atoms with E-state index in [1.807, 2.05) is 6.07 Å². The van der Waals surface area contributed by atoms with E-state index in [1.54, 1.807) is 24.3 Å². The molecule has 1 atom stereocenters. The normalized spacial score (nSPS) is 19.6. The standard InChI is InChI=1S/C13H14O3/c14-12(10-4-2-1-3-5-10)8-13(15)11-6-7-16-9-11/h1-5,11H,6-9H2. The summed E-state index contributed by atoms with van der Waals surface area (Å²) in [5, 5.41) is 0. The molecule has 0 saturated carbocycles. The highest BCUT2D eigenvalue weighted by atomic mass is 16.5.